The molecular weight excluding hydrogens is 346 g/mol. The quantitative estimate of drug-likeness (QED) is 0.415. The Hall–Kier alpha value is -3.81. The van der Waals surface area contributed by atoms with Crippen LogP contribution in [0.5, 0.6) is 0 Å². The number of carbonyl (C=O) groups excluding carboxylic acids is 3. The van der Waals surface area contributed by atoms with Gasteiger partial charge in [-0.3, -0.25) is 30.2 Å². The minimum Gasteiger partial charge on any atom is -0.283 e. The number of hydrazine groups is 1. The van der Waals surface area contributed by atoms with Crippen molar-refractivity contribution in [2.75, 3.05) is 0 Å². The van der Waals surface area contributed by atoms with E-state index in [9.17, 15) is 14.4 Å². The summed E-state index contributed by atoms with van der Waals surface area (Å²) in [7, 11) is 0. The summed E-state index contributed by atoms with van der Waals surface area (Å²) in [6, 6.07) is 12.4. The molecule has 8 nitrogen and oxygen atoms in total. The summed E-state index contributed by atoms with van der Waals surface area (Å²) < 4.78 is 1.60. The number of benzene rings is 1. The maximum Gasteiger partial charge on any atom is 0.310 e. The molecule has 2 heterocycles. The van der Waals surface area contributed by atoms with Crippen LogP contribution >= 0.6 is 0 Å². The Kier molecular flexibility index (Phi) is 5.07. The van der Waals surface area contributed by atoms with Gasteiger partial charge in [0.15, 0.2) is 0 Å². The third-order valence-corrected chi connectivity index (χ3v) is 3.94. The monoisotopic (exact) mass is 363 g/mol. The first-order valence-corrected chi connectivity index (χ1v) is 8.15. The van der Waals surface area contributed by atoms with Gasteiger partial charge in [-0.05, 0) is 38.1 Å². The van der Waals surface area contributed by atoms with Crippen molar-refractivity contribution in [3.05, 3.63) is 77.4 Å². The molecule has 0 atom stereocenters. The minimum atomic E-state index is -0.953. The van der Waals surface area contributed by atoms with E-state index in [1.807, 2.05) is 30.3 Å². The second-order valence-electron chi connectivity index (χ2n) is 5.77. The van der Waals surface area contributed by atoms with Crippen molar-refractivity contribution in [3.8, 4) is 5.69 Å². The molecule has 1 aromatic carbocycles. The molecule has 0 saturated carbocycles. The number of hydrogen-bond acceptors (Lipinski definition) is 5. The molecule has 2 amide bonds. The predicted molar refractivity (Wildman–Crippen MR) is 97.2 cm³/mol. The standard InChI is InChI=1S/C19H17N5O3/c1-12-16(13(2)24(23-12)15-8-4-3-5-9-15)17(25)19(27)22-21-18(26)14-7-6-10-20-11-14/h3-11H,1-2H3,(H,21,26)(H,22,27). The molecule has 0 aliphatic rings. The number of carbonyl (C=O) groups is 3. The van der Waals surface area contributed by atoms with Crippen molar-refractivity contribution >= 4 is 17.6 Å². The molecule has 8 heteroatoms. The Morgan fingerprint density at radius 1 is 0.963 bits per heavy atom. The van der Waals surface area contributed by atoms with Crippen LogP contribution in [0.3, 0.4) is 0 Å². The zero-order chi connectivity index (χ0) is 19.4. The third-order valence-electron chi connectivity index (χ3n) is 3.94. The topological polar surface area (TPSA) is 106 Å². The summed E-state index contributed by atoms with van der Waals surface area (Å²) >= 11 is 0. The van der Waals surface area contributed by atoms with Crippen molar-refractivity contribution in [3.63, 3.8) is 0 Å². The van der Waals surface area contributed by atoms with Crippen LogP contribution < -0.4 is 10.9 Å². The predicted octanol–water partition coefficient (Wildman–Crippen LogP) is 1.53. The lowest BCUT2D eigenvalue weighted by Crippen LogP contribution is -2.45. The lowest BCUT2D eigenvalue weighted by molar-refractivity contribution is -0.117. The number of aryl methyl sites for hydroxylation is 1. The molecule has 3 rings (SSSR count). The highest BCUT2D eigenvalue weighted by Gasteiger charge is 2.25. The average molecular weight is 363 g/mol. The Morgan fingerprint density at radius 3 is 2.37 bits per heavy atom. The van der Waals surface area contributed by atoms with Gasteiger partial charge in [-0.25, -0.2) is 4.68 Å². The largest absolute Gasteiger partial charge is 0.310 e. The maximum absolute atomic E-state index is 12.6. The lowest BCUT2D eigenvalue weighted by Gasteiger charge is -2.07. The van der Waals surface area contributed by atoms with E-state index in [0.29, 0.717) is 11.4 Å². The summed E-state index contributed by atoms with van der Waals surface area (Å²) in [5, 5.41) is 4.35. The van der Waals surface area contributed by atoms with Crippen LogP contribution in [0, 0.1) is 13.8 Å². The number of rotatable bonds is 4. The van der Waals surface area contributed by atoms with Gasteiger partial charge in [0.1, 0.15) is 0 Å². The summed E-state index contributed by atoms with van der Waals surface area (Å²) in [6.07, 6.45) is 2.87. The van der Waals surface area contributed by atoms with Gasteiger partial charge in [0, 0.05) is 12.4 Å². The molecule has 3 aromatic rings. The highest BCUT2D eigenvalue weighted by Crippen LogP contribution is 2.18. The van der Waals surface area contributed by atoms with Gasteiger partial charge in [0.05, 0.1) is 28.2 Å². The number of ketones is 1. The molecule has 0 fully saturated rings. The van der Waals surface area contributed by atoms with Gasteiger partial charge >= 0.3 is 5.91 Å². The number of aromatic nitrogens is 3. The molecule has 0 saturated heterocycles. The molecule has 0 radical (unpaired) electrons. The molecule has 0 aliphatic heterocycles. The second-order valence-corrected chi connectivity index (χ2v) is 5.77. The van der Waals surface area contributed by atoms with Crippen LogP contribution in [0.25, 0.3) is 5.69 Å². The highest BCUT2D eigenvalue weighted by atomic mass is 16.2. The van der Waals surface area contributed by atoms with Crippen LogP contribution in [0.2, 0.25) is 0 Å². The van der Waals surface area contributed by atoms with Gasteiger partial charge in [-0.15, -0.1) is 0 Å². The van der Waals surface area contributed by atoms with E-state index in [4.69, 9.17) is 0 Å². The summed E-state index contributed by atoms with van der Waals surface area (Å²) in [4.78, 5) is 40.5. The minimum absolute atomic E-state index is 0.201. The number of hydrogen-bond donors (Lipinski definition) is 2. The van der Waals surface area contributed by atoms with Gasteiger partial charge in [0.2, 0.25) is 0 Å². The molecule has 2 aromatic heterocycles. The van der Waals surface area contributed by atoms with Crippen molar-refractivity contribution in [2.45, 2.75) is 13.8 Å². The smallest absolute Gasteiger partial charge is 0.283 e. The number of amides is 2. The van der Waals surface area contributed by atoms with Crippen LogP contribution in [-0.4, -0.2) is 32.4 Å². The summed E-state index contributed by atoms with van der Waals surface area (Å²) in [5.41, 5.74) is 6.54. The van der Waals surface area contributed by atoms with Crippen LogP contribution in [0.15, 0.2) is 54.9 Å². The van der Waals surface area contributed by atoms with E-state index >= 15 is 0 Å². The first-order valence-electron chi connectivity index (χ1n) is 8.15. The molecular formula is C19H17N5O3. The maximum atomic E-state index is 12.6. The van der Waals surface area contributed by atoms with Crippen molar-refractivity contribution in [1.29, 1.82) is 0 Å². The number of pyridine rings is 1. The number of nitrogens with zero attached hydrogens (tertiary/aromatic N) is 3. The first-order chi connectivity index (χ1) is 13.0. The molecule has 0 bridgehead atoms. The van der Waals surface area contributed by atoms with Crippen LogP contribution in [0.1, 0.15) is 32.1 Å². The normalized spacial score (nSPS) is 10.3. The number of Topliss-reactive ketones (excluding diaryl/α,β-unsaturated/α-hetero) is 1. The summed E-state index contributed by atoms with van der Waals surface area (Å²) in [5.74, 6) is -2.30. The van der Waals surface area contributed by atoms with Crippen molar-refractivity contribution in [2.24, 2.45) is 0 Å². The number of nitrogens with one attached hydrogen (secondary N) is 2. The zero-order valence-electron chi connectivity index (χ0n) is 14.8. The molecule has 0 unspecified atom stereocenters. The van der Waals surface area contributed by atoms with Crippen LogP contribution in [0.4, 0.5) is 0 Å². The van der Waals surface area contributed by atoms with E-state index < -0.39 is 17.6 Å². The molecule has 0 spiro atoms. The fourth-order valence-electron chi connectivity index (χ4n) is 2.64. The SMILES string of the molecule is Cc1nn(-c2ccccc2)c(C)c1C(=O)C(=O)NNC(=O)c1cccnc1. The lowest BCUT2D eigenvalue weighted by atomic mass is 10.1. The van der Waals surface area contributed by atoms with E-state index in [1.54, 1.807) is 24.6 Å². The molecule has 27 heavy (non-hydrogen) atoms. The van der Waals surface area contributed by atoms with Gasteiger partial charge in [-0.1, -0.05) is 18.2 Å². The fraction of sp³-hybridized carbons (Fsp3) is 0.105. The Labute approximate surface area is 155 Å². The van der Waals surface area contributed by atoms with Crippen molar-refractivity contribution < 1.29 is 14.4 Å². The highest BCUT2D eigenvalue weighted by molar-refractivity contribution is 6.43. The van der Waals surface area contributed by atoms with E-state index in [0.717, 1.165) is 5.69 Å². The second kappa shape index (κ2) is 7.61. The Balaban J connectivity index is 1.75. The number of para-hydroxylation sites is 1. The van der Waals surface area contributed by atoms with E-state index in [1.165, 1.54) is 18.5 Å². The van der Waals surface area contributed by atoms with E-state index in [-0.39, 0.29) is 11.1 Å². The van der Waals surface area contributed by atoms with E-state index in [2.05, 4.69) is 20.9 Å². The summed E-state index contributed by atoms with van der Waals surface area (Å²) in [6.45, 7) is 3.36. The molecule has 2 N–H and O–H groups in total. The third kappa shape index (κ3) is 3.74. The zero-order valence-corrected chi connectivity index (χ0v) is 14.8. The fourth-order valence-corrected chi connectivity index (χ4v) is 2.64. The average Bonchev–Trinajstić information content (AvgIpc) is 3.00. The van der Waals surface area contributed by atoms with Gasteiger partial charge in [0.25, 0.3) is 11.7 Å². The Morgan fingerprint density at radius 2 is 1.70 bits per heavy atom. The Bertz CT molecular complexity index is 997. The van der Waals surface area contributed by atoms with Gasteiger partial charge < -0.3 is 0 Å². The van der Waals surface area contributed by atoms with Crippen molar-refractivity contribution in [1.82, 2.24) is 25.6 Å². The first kappa shape index (κ1) is 18.0. The van der Waals surface area contributed by atoms with Crippen LogP contribution in [-0.2, 0) is 4.79 Å². The molecule has 0 aliphatic carbocycles. The molecule has 136 valence electrons. The van der Waals surface area contributed by atoms with Gasteiger partial charge in [-0.2, -0.15) is 5.10 Å².